The minimum Gasteiger partial charge on any atom is -0.396 e. The van der Waals surface area contributed by atoms with Gasteiger partial charge in [-0.05, 0) is 26.2 Å². The first kappa shape index (κ1) is 14.8. The first-order valence-electron chi connectivity index (χ1n) is 6.05. The fraction of sp³-hybridized carbons (Fsp3) is 0.727. The van der Waals surface area contributed by atoms with Crippen LogP contribution >= 0.6 is 11.3 Å². The van der Waals surface area contributed by atoms with Crippen molar-refractivity contribution in [2.45, 2.75) is 45.6 Å². The highest BCUT2D eigenvalue weighted by atomic mass is 32.1. The quantitative estimate of drug-likeness (QED) is 0.736. The maximum Gasteiger partial charge on any atom is 0.321 e. The average molecular weight is 272 g/mol. The zero-order chi connectivity index (χ0) is 13.6. The van der Waals surface area contributed by atoms with E-state index in [1.165, 1.54) is 11.3 Å². The van der Waals surface area contributed by atoms with Crippen molar-refractivity contribution in [3.8, 4) is 0 Å². The van der Waals surface area contributed by atoms with Gasteiger partial charge in [0.05, 0.1) is 0 Å². The van der Waals surface area contributed by atoms with Crippen LogP contribution < -0.4 is 10.6 Å². The molecule has 1 rings (SSSR count). The largest absolute Gasteiger partial charge is 0.396 e. The minimum absolute atomic E-state index is 0.0450. The van der Waals surface area contributed by atoms with Crippen LogP contribution in [0.4, 0.5) is 9.93 Å². The number of carbonyl (C=O) groups excluding carboxylic acids is 1. The Balaban J connectivity index is 2.55. The normalized spacial score (nSPS) is 14.0. The van der Waals surface area contributed by atoms with E-state index in [9.17, 15) is 4.79 Å². The van der Waals surface area contributed by atoms with E-state index in [1.807, 2.05) is 20.8 Å². The van der Waals surface area contributed by atoms with Gasteiger partial charge in [-0.15, -0.1) is 10.2 Å². The Morgan fingerprint density at radius 2 is 2.17 bits per heavy atom. The molecule has 1 unspecified atom stereocenters. The lowest BCUT2D eigenvalue weighted by Gasteiger charge is -2.28. The van der Waals surface area contributed by atoms with Crippen LogP contribution in [0.5, 0.6) is 0 Å². The number of amides is 2. The molecule has 1 aromatic heterocycles. The Hall–Kier alpha value is -1.21. The van der Waals surface area contributed by atoms with Crippen LogP contribution in [-0.2, 0) is 6.42 Å². The summed E-state index contributed by atoms with van der Waals surface area (Å²) in [6.07, 6.45) is 2.07. The van der Waals surface area contributed by atoms with Crippen LogP contribution in [0.2, 0.25) is 0 Å². The van der Waals surface area contributed by atoms with Crippen molar-refractivity contribution < 1.29 is 9.90 Å². The third-order valence-electron chi connectivity index (χ3n) is 2.85. The van der Waals surface area contributed by atoms with Crippen molar-refractivity contribution in [3.63, 3.8) is 0 Å². The van der Waals surface area contributed by atoms with Crippen LogP contribution in [0.1, 0.15) is 38.6 Å². The molecule has 3 N–H and O–H groups in total. The van der Waals surface area contributed by atoms with Gasteiger partial charge in [-0.2, -0.15) is 0 Å². The molecule has 0 radical (unpaired) electrons. The molecule has 0 aliphatic rings. The number of hydrogen-bond donors (Lipinski definition) is 3. The number of rotatable bonds is 6. The second-order valence-electron chi connectivity index (χ2n) is 4.32. The number of urea groups is 1. The fourth-order valence-corrected chi connectivity index (χ4v) is 2.10. The number of aryl methyl sites for hydroxylation is 1. The number of aromatic nitrogens is 2. The van der Waals surface area contributed by atoms with Crippen LogP contribution in [0, 0.1) is 0 Å². The first-order chi connectivity index (χ1) is 8.53. The Kier molecular flexibility index (Phi) is 5.49. The fourth-order valence-electron chi connectivity index (χ4n) is 1.42. The Labute approximate surface area is 111 Å². The summed E-state index contributed by atoms with van der Waals surface area (Å²) in [5, 5.41) is 23.7. The molecule has 7 heteroatoms. The minimum atomic E-state index is -0.406. The highest BCUT2D eigenvalue weighted by molar-refractivity contribution is 7.15. The van der Waals surface area contributed by atoms with E-state index in [0.29, 0.717) is 11.6 Å². The van der Waals surface area contributed by atoms with Gasteiger partial charge in [0.25, 0.3) is 0 Å². The van der Waals surface area contributed by atoms with Gasteiger partial charge in [0.1, 0.15) is 5.01 Å². The van der Waals surface area contributed by atoms with Crippen molar-refractivity contribution in [2.24, 2.45) is 0 Å². The third kappa shape index (κ3) is 4.23. The number of aliphatic hydroxyl groups excluding tert-OH is 1. The van der Waals surface area contributed by atoms with Crippen molar-refractivity contribution in [1.82, 2.24) is 15.5 Å². The predicted octanol–water partition coefficient (Wildman–Crippen LogP) is 1.77. The monoisotopic (exact) mass is 272 g/mol. The summed E-state index contributed by atoms with van der Waals surface area (Å²) in [6, 6.07) is -0.313. The molecule has 0 aliphatic heterocycles. The van der Waals surface area contributed by atoms with Crippen molar-refractivity contribution in [1.29, 1.82) is 0 Å². The van der Waals surface area contributed by atoms with Gasteiger partial charge in [0.2, 0.25) is 5.13 Å². The lowest BCUT2D eigenvalue weighted by Crippen LogP contribution is -2.48. The molecule has 6 nitrogen and oxygen atoms in total. The second kappa shape index (κ2) is 6.65. The second-order valence-corrected chi connectivity index (χ2v) is 5.38. The first-order valence-corrected chi connectivity index (χ1v) is 6.87. The molecular weight excluding hydrogens is 252 g/mol. The molecule has 0 fully saturated rings. The van der Waals surface area contributed by atoms with Crippen LogP contribution in [0.3, 0.4) is 0 Å². The molecule has 0 saturated heterocycles. The van der Waals surface area contributed by atoms with E-state index >= 15 is 0 Å². The van der Waals surface area contributed by atoms with Gasteiger partial charge in [-0.1, -0.05) is 25.2 Å². The zero-order valence-electron chi connectivity index (χ0n) is 11.0. The van der Waals surface area contributed by atoms with Gasteiger partial charge >= 0.3 is 6.03 Å². The topological polar surface area (TPSA) is 87.1 Å². The summed E-state index contributed by atoms with van der Waals surface area (Å²) < 4.78 is 0. The molecule has 18 heavy (non-hydrogen) atoms. The summed E-state index contributed by atoms with van der Waals surface area (Å²) in [4.78, 5) is 11.8. The number of nitrogens with one attached hydrogen (secondary N) is 2. The number of carbonyl (C=O) groups is 1. The van der Waals surface area contributed by atoms with Crippen LogP contribution in [0.25, 0.3) is 0 Å². The molecule has 102 valence electrons. The third-order valence-corrected chi connectivity index (χ3v) is 3.83. The van der Waals surface area contributed by atoms with Crippen molar-refractivity contribution in [3.05, 3.63) is 5.01 Å². The Morgan fingerprint density at radius 1 is 1.44 bits per heavy atom. The SMILES string of the molecule is CCc1nnc(NC(=O)NC(C)(CC)CCO)s1. The summed E-state index contributed by atoms with van der Waals surface area (Å²) in [5.41, 5.74) is -0.406. The molecular formula is C11H20N4O2S. The van der Waals surface area contributed by atoms with Crippen molar-refractivity contribution in [2.75, 3.05) is 11.9 Å². The van der Waals surface area contributed by atoms with E-state index in [4.69, 9.17) is 5.11 Å². The summed E-state index contributed by atoms with van der Waals surface area (Å²) in [7, 11) is 0. The van der Waals surface area contributed by atoms with Gasteiger partial charge in [-0.25, -0.2) is 4.79 Å². The van der Waals surface area contributed by atoms with E-state index < -0.39 is 5.54 Å². The molecule has 1 aromatic rings. The van der Waals surface area contributed by atoms with E-state index in [2.05, 4.69) is 20.8 Å². The number of anilines is 1. The molecule has 0 aromatic carbocycles. The molecule has 0 spiro atoms. The van der Waals surface area contributed by atoms with E-state index in [-0.39, 0.29) is 12.6 Å². The highest BCUT2D eigenvalue weighted by Crippen LogP contribution is 2.17. The van der Waals surface area contributed by atoms with Gasteiger partial charge in [-0.3, -0.25) is 5.32 Å². The summed E-state index contributed by atoms with van der Waals surface area (Å²) in [5.74, 6) is 0. The molecule has 0 aliphatic carbocycles. The van der Waals surface area contributed by atoms with Crippen molar-refractivity contribution >= 4 is 22.5 Å². The molecule has 1 atom stereocenters. The predicted molar refractivity (Wildman–Crippen MR) is 71.8 cm³/mol. The summed E-state index contributed by atoms with van der Waals surface area (Å²) in [6.45, 7) is 5.90. The summed E-state index contributed by atoms with van der Waals surface area (Å²) >= 11 is 1.36. The lowest BCUT2D eigenvalue weighted by atomic mass is 9.95. The number of nitrogens with zero attached hydrogens (tertiary/aromatic N) is 2. The van der Waals surface area contributed by atoms with Gasteiger partial charge in [0.15, 0.2) is 0 Å². The Bertz CT molecular complexity index is 396. The number of hydrogen-bond acceptors (Lipinski definition) is 5. The highest BCUT2D eigenvalue weighted by Gasteiger charge is 2.24. The van der Waals surface area contributed by atoms with E-state index in [0.717, 1.165) is 17.8 Å². The van der Waals surface area contributed by atoms with Gasteiger partial charge in [0, 0.05) is 12.1 Å². The maximum atomic E-state index is 11.8. The average Bonchev–Trinajstić information content (AvgIpc) is 2.76. The molecule has 0 saturated carbocycles. The Morgan fingerprint density at radius 3 is 2.67 bits per heavy atom. The van der Waals surface area contributed by atoms with E-state index in [1.54, 1.807) is 0 Å². The lowest BCUT2D eigenvalue weighted by molar-refractivity contribution is 0.208. The zero-order valence-corrected chi connectivity index (χ0v) is 11.8. The molecule has 1 heterocycles. The smallest absolute Gasteiger partial charge is 0.321 e. The van der Waals surface area contributed by atoms with Crippen LogP contribution in [-0.4, -0.2) is 33.5 Å². The standard InChI is InChI=1S/C11H20N4O2S/c1-4-8-14-15-10(18-8)12-9(17)13-11(3,5-2)6-7-16/h16H,4-7H2,1-3H3,(H2,12,13,15,17). The van der Waals surface area contributed by atoms with Gasteiger partial charge < -0.3 is 10.4 Å². The maximum absolute atomic E-state index is 11.8. The molecule has 2 amide bonds. The number of aliphatic hydroxyl groups is 1. The molecule has 0 bridgehead atoms. The van der Waals surface area contributed by atoms with Crippen LogP contribution in [0.15, 0.2) is 0 Å².